The number of ether oxygens (including phenoxy) is 2. The van der Waals surface area contributed by atoms with Crippen LogP contribution in [0.25, 0.3) is 0 Å². The van der Waals surface area contributed by atoms with Gasteiger partial charge in [0.2, 0.25) is 0 Å². The highest BCUT2D eigenvalue weighted by Crippen LogP contribution is 2.08. The Hall–Kier alpha value is -2.10. The second-order valence-corrected chi connectivity index (χ2v) is 3.88. The Balaban J connectivity index is 2.42. The minimum absolute atomic E-state index is 0.316. The third kappa shape index (κ3) is 5.38. The lowest BCUT2D eigenvalue weighted by atomic mass is 10.1. The first kappa shape index (κ1) is 15.0. The maximum Gasteiger partial charge on any atom is 0.337 e. The van der Waals surface area contributed by atoms with E-state index >= 15 is 0 Å². The molecule has 0 amide bonds. The fourth-order valence-corrected chi connectivity index (χ4v) is 1.55. The van der Waals surface area contributed by atoms with Gasteiger partial charge in [-0.15, -0.1) is 0 Å². The van der Waals surface area contributed by atoms with Crippen molar-refractivity contribution >= 4 is 11.9 Å². The van der Waals surface area contributed by atoms with Gasteiger partial charge in [0.1, 0.15) is 0 Å². The van der Waals surface area contributed by atoms with Gasteiger partial charge in [-0.05, 0) is 37.5 Å². The third-order valence-corrected chi connectivity index (χ3v) is 2.52. The summed E-state index contributed by atoms with van der Waals surface area (Å²) in [5.74, 6) is -0.655. The number of hydrogen-bond donors (Lipinski definition) is 0. The van der Waals surface area contributed by atoms with Gasteiger partial charge in [0.25, 0.3) is 0 Å². The minimum Gasteiger partial charge on any atom is -0.465 e. The summed E-state index contributed by atoms with van der Waals surface area (Å²) < 4.78 is 9.39. The van der Waals surface area contributed by atoms with Crippen LogP contribution in [0.5, 0.6) is 0 Å². The second-order valence-electron chi connectivity index (χ2n) is 3.88. The number of aryl methyl sites for hydroxylation is 1. The average molecular weight is 262 g/mol. The Morgan fingerprint density at radius 3 is 2.47 bits per heavy atom. The molecule has 0 bridgehead atoms. The molecule has 0 aromatic heterocycles. The summed E-state index contributed by atoms with van der Waals surface area (Å²) in [4.78, 5) is 22.3. The van der Waals surface area contributed by atoms with Crippen molar-refractivity contribution < 1.29 is 19.1 Å². The molecule has 0 spiro atoms. The summed E-state index contributed by atoms with van der Waals surface area (Å²) >= 11 is 0. The first-order chi connectivity index (χ1) is 9.17. The smallest absolute Gasteiger partial charge is 0.337 e. The zero-order valence-corrected chi connectivity index (χ0v) is 11.2. The zero-order chi connectivity index (χ0) is 14.1. The van der Waals surface area contributed by atoms with E-state index in [0.29, 0.717) is 12.2 Å². The molecule has 0 fully saturated rings. The van der Waals surface area contributed by atoms with Crippen LogP contribution in [0.3, 0.4) is 0 Å². The summed E-state index contributed by atoms with van der Waals surface area (Å²) in [6.07, 6.45) is 4.77. The predicted molar refractivity (Wildman–Crippen MR) is 71.9 cm³/mol. The van der Waals surface area contributed by atoms with E-state index in [-0.39, 0.29) is 11.9 Å². The molecule has 0 aliphatic rings. The molecule has 0 radical (unpaired) electrons. The molecule has 0 atom stereocenters. The second kappa shape index (κ2) is 8.08. The number of esters is 2. The van der Waals surface area contributed by atoms with Crippen molar-refractivity contribution in [3.05, 3.63) is 47.5 Å². The van der Waals surface area contributed by atoms with E-state index in [1.807, 2.05) is 12.1 Å². The number of benzene rings is 1. The molecule has 0 aliphatic heterocycles. The number of carbonyl (C=O) groups excluding carboxylic acids is 2. The molecule has 0 saturated carbocycles. The van der Waals surface area contributed by atoms with Crippen LogP contribution in [-0.4, -0.2) is 25.7 Å². The maximum atomic E-state index is 11.2. The number of carbonyl (C=O) groups is 2. The molecular weight excluding hydrogens is 244 g/mol. The fraction of sp³-hybridized carbons (Fsp3) is 0.333. The molecular formula is C15H18O4. The first-order valence-electron chi connectivity index (χ1n) is 6.18. The number of rotatable bonds is 6. The summed E-state index contributed by atoms with van der Waals surface area (Å²) in [5.41, 5.74) is 1.63. The SMILES string of the molecule is CCOC(=O)/C=C/CCc1ccc(C(=O)OC)cc1. The van der Waals surface area contributed by atoms with Crippen molar-refractivity contribution in [2.24, 2.45) is 0 Å². The average Bonchev–Trinajstić information content (AvgIpc) is 2.44. The minimum atomic E-state index is -0.339. The Morgan fingerprint density at radius 1 is 1.21 bits per heavy atom. The van der Waals surface area contributed by atoms with Crippen LogP contribution in [-0.2, 0) is 20.7 Å². The van der Waals surface area contributed by atoms with E-state index in [0.717, 1.165) is 18.4 Å². The molecule has 1 rings (SSSR count). The van der Waals surface area contributed by atoms with E-state index in [9.17, 15) is 9.59 Å². The molecule has 102 valence electrons. The predicted octanol–water partition coefficient (Wildman–Crippen LogP) is 2.53. The van der Waals surface area contributed by atoms with Crippen molar-refractivity contribution in [1.82, 2.24) is 0 Å². The Bertz CT molecular complexity index is 446. The molecule has 0 aliphatic carbocycles. The largest absolute Gasteiger partial charge is 0.465 e. The van der Waals surface area contributed by atoms with E-state index in [4.69, 9.17) is 4.74 Å². The van der Waals surface area contributed by atoms with Gasteiger partial charge < -0.3 is 9.47 Å². The van der Waals surface area contributed by atoms with E-state index in [2.05, 4.69) is 4.74 Å². The normalized spacial score (nSPS) is 10.4. The maximum absolute atomic E-state index is 11.2. The fourth-order valence-electron chi connectivity index (χ4n) is 1.55. The molecule has 4 heteroatoms. The van der Waals surface area contributed by atoms with Gasteiger partial charge in [-0.25, -0.2) is 9.59 Å². The van der Waals surface area contributed by atoms with Gasteiger partial charge in [0.15, 0.2) is 0 Å². The zero-order valence-electron chi connectivity index (χ0n) is 11.2. The van der Waals surface area contributed by atoms with E-state index in [1.54, 1.807) is 25.1 Å². The Kier molecular flexibility index (Phi) is 6.36. The summed E-state index contributed by atoms with van der Waals surface area (Å²) in [6.45, 7) is 2.16. The van der Waals surface area contributed by atoms with Crippen molar-refractivity contribution in [3.63, 3.8) is 0 Å². The van der Waals surface area contributed by atoms with Crippen molar-refractivity contribution in [2.75, 3.05) is 13.7 Å². The monoisotopic (exact) mass is 262 g/mol. The van der Waals surface area contributed by atoms with Gasteiger partial charge in [-0.2, -0.15) is 0 Å². The lowest BCUT2D eigenvalue weighted by Crippen LogP contribution is -2.00. The van der Waals surface area contributed by atoms with Crippen LogP contribution < -0.4 is 0 Å². The lowest BCUT2D eigenvalue weighted by molar-refractivity contribution is -0.137. The van der Waals surface area contributed by atoms with Gasteiger partial charge in [-0.3, -0.25) is 0 Å². The van der Waals surface area contributed by atoms with Crippen LogP contribution in [0.4, 0.5) is 0 Å². The molecule has 1 aromatic carbocycles. The van der Waals surface area contributed by atoms with E-state index < -0.39 is 0 Å². The highest BCUT2D eigenvalue weighted by Gasteiger charge is 2.03. The topological polar surface area (TPSA) is 52.6 Å². The van der Waals surface area contributed by atoms with Gasteiger partial charge in [-0.1, -0.05) is 18.2 Å². The summed E-state index contributed by atoms with van der Waals surface area (Å²) in [7, 11) is 1.36. The van der Waals surface area contributed by atoms with Gasteiger partial charge >= 0.3 is 11.9 Å². The quantitative estimate of drug-likeness (QED) is 0.584. The van der Waals surface area contributed by atoms with Crippen molar-refractivity contribution in [2.45, 2.75) is 19.8 Å². The Morgan fingerprint density at radius 2 is 1.89 bits per heavy atom. The van der Waals surface area contributed by atoms with E-state index in [1.165, 1.54) is 13.2 Å². The third-order valence-electron chi connectivity index (χ3n) is 2.52. The summed E-state index contributed by atoms with van der Waals surface area (Å²) in [5, 5.41) is 0. The number of hydrogen-bond acceptors (Lipinski definition) is 4. The number of allylic oxidation sites excluding steroid dienone is 1. The molecule has 19 heavy (non-hydrogen) atoms. The number of methoxy groups -OCH3 is 1. The lowest BCUT2D eigenvalue weighted by Gasteiger charge is -2.01. The van der Waals surface area contributed by atoms with Crippen LogP contribution in [0, 0.1) is 0 Å². The molecule has 0 N–H and O–H groups in total. The van der Waals surface area contributed by atoms with Crippen LogP contribution in [0.15, 0.2) is 36.4 Å². The molecule has 4 nitrogen and oxygen atoms in total. The van der Waals surface area contributed by atoms with Gasteiger partial charge in [0.05, 0.1) is 19.3 Å². The highest BCUT2D eigenvalue weighted by atomic mass is 16.5. The standard InChI is InChI=1S/C15H18O4/c1-3-19-14(16)7-5-4-6-12-8-10-13(11-9-12)15(17)18-2/h5,7-11H,3-4,6H2,1-2H3/b7-5+. The van der Waals surface area contributed by atoms with Crippen LogP contribution >= 0.6 is 0 Å². The van der Waals surface area contributed by atoms with Crippen LogP contribution in [0.2, 0.25) is 0 Å². The highest BCUT2D eigenvalue weighted by molar-refractivity contribution is 5.89. The van der Waals surface area contributed by atoms with Crippen molar-refractivity contribution in [1.29, 1.82) is 0 Å². The molecule has 1 aromatic rings. The van der Waals surface area contributed by atoms with Crippen molar-refractivity contribution in [3.8, 4) is 0 Å². The van der Waals surface area contributed by atoms with Crippen LogP contribution in [0.1, 0.15) is 29.3 Å². The summed E-state index contributed by atoms with van der Waals surface area (Å²) in [6, 6.07) is 7.22. The molecule has 0 unspecified atom stereocenters. The van der Waals surface area contributed by atoms with Gasteiger partial charge in [0, 0.05) is 6.08 Å². The molecule has 0 saturated heterocycles. The Labute approximate surface area is 113 Å². The molecule has 0 heterocycles. The first-order valence-corrected chi connectivity index (χ1v) is 6.18.